The van der Waals surface area contributed by atoms with E-state index in [0.717, 1.165) is 12.1 Å². The fourth-order valence-electron chi connectivity index (χ4n) is 1.61. The van der Waals surface area contributed by atoms with Crippen molar-refractivity contribution in [1.82, 2.24) is 0 Å². The van der Waals surface area contributed by atoms with Crippen LogP contribution in [0.4, 0.5) is 23.2 Å². The molecule has 0 fully saturated rings. The van der Waals surface area contributed by atoms with E-state index < -0.39 is 12.2 Å². The lowest BCUT2D eigenvalue weighted by Gasteiger charge is -2.13. The third-order valence-electron chi connectivity index (χ3n) is 2.42. The first-order chi connectivity index (χ1) is 8.87. The summed E-state index contributed by atoms with van der Waals surface area (Å²) in [7, 11) is 0. The smallest absolute Gasteiger partial charge is 0.405 e. The molecular formula is C13H9F4NO. The largest absolute Gasteiger partial charge is 0.573 e. The molecule has 2 aromatic carbocycles. The van der Waals surface area contributed by atoms with Gasteiger partial charge in [0.1, 0.15) is 11.6 Å². The number of para-hydroxylation sites is 1. The molecule has 2 N–H and O–H groups in total. The van der Waals surface area contributed by atoms with E-state index in [1.165, 1.54) is 30.3 Å². The maximum atomic E-state index is 13.3. The number of hydrogen-bond donors (Lipinski definition) is 1. The molecule has 0 aromatic heterocycles. The number of hydrogen-bond acceptors (Lipinski definition) is 2. The summed E-state index contributed by atoms with van der Waals surface area (Å²) >= 11 is 0. The number of nitrogens with two attached hydrogens (primary N) is 1. The van der Waals surface area contributed by atoms with Crippen molar-refractivity contribution < 1.29 is 22.3 Å². The van der Waals surface area contributed by atoms with Gasteiger partial charge in [0.25, 0.3) is 0 Å². The summed E-state index contributed by atoms with van der Waals surface area (Å²) in [6, 6.07) is 9.29. The summed E-state index contributed by atoms with van der Waals surface area (Å²) in [4.78, 5) is 0. The molecule has 2 nitrogen and oxygen atoms in total. The van der Waals surface area contributed by atoms with Crippen molar-refractivity contribution in [1.29, 1.82) is 0 Å². The van der Waals surface area contributed by atoms with Gasteiger partial charge in [-0.1, -0.05) is 24.3 Å². The van der Waals surface area contributed by atoms with Crippen LogP contribution in [-0.2, 0) is 0 Å². The predicted molar refractivity (Wildman–Crippen MR) is 62.9 cm³/mol. The summed E-state index contributed by atoms with van der Waals surface area (Å²) < 4.78 is 54.0. The molecule has 0 saturated heterocycles. The minimum absolute atomic E-state index is 0.0713. The molecule has 0 bridgehead atoms. The van der Waals surface area contributed by atoms with Gasteiger partial charge >= 0.3 is 6.36 Å². The highest BCUT2D eigenvalue weighted by molar-refractivity contribution is 5.71. The average molecular weight is 271 g/mol. The van der Waals surface area contributed by atoms with Crippen molar-refractivity contribution in [3.63, 3.8) is 0 Å². The Balaban J connectivity index is 2.47. The molecular weight excluding hydrogens is 262 g/mol. The lowest BCUT2D eigenvalue weighted by atomic mass is 10.0. The first kappa shape index (κ1) is 13.2. The molecule has 19 heavy (non-hydrogen) atoms. The van der Waals surface area contributed by atoms with Crippen molar-refractivity contribution in [3.8, 4) is 16.9 Å². The zero-order chi connectivity index (χ0) is 14.0. The number of rotatable bonds is 2. The zero-order valence-corrected chi connectivity index (χ0v) is 9.54. The quantitative estimate of drug-likeness (QED) is 0.662. The van der Waals surface area contributed by atoms with E-state index in [9.17, 15) is 17.6 Å². The third kappa shape index (κ3) is 3.15. The molecule has 100 valence electrons. The number of ether oxygens (including phenoxy) is 1. The normalized spacial score (nSPS) is 11.4. The van der Waals surface area contributed by atoms with Crippen LogP contribution in [0.25, 0.3) is 11.1 Å². The van der Waals surface area contributed by atoms with Crippen LogP contribution in [0.3, 0.4) is 0 Å². The minimum Gasteiger partial charge on any atom is -0.405 e. The maximum Gasteiger partial charge on any atom is 0.573 e. The van der Waals surface area contributed by atoms with Crippen LogP contribution < -0.4 is 10.5 Å². The Morgan fingerprint density at radius 3 is 2.32 bits per heavy atom. The number of benzene rings is 2. The first-order valence-corrected chi connectivity index (χ1v) is 5.27. The Morgan fingerprint density at radius 1 is 1.00 bits per heavy atom. The van der Waals surface area contributed by atoms with Gasteiger partial charge < -0.3 is 10.5 Å². The molecule has 0 unspecified atom stereocenters. The van der Waals surface area contributed by atoms with E-state index in [1.807, 2.05) is 0 Å². The van der Waals surface area contributed by atoms with Crippen molar-refractivity contribution in [2.75, 3.05) is 5.73 Å². The monoisotopic (exact) mass is 271 g/mol. The number of halogens is 4. The highest BCUT2D eigenvalue weighted by atomic mass is 19.4. The molecule has 2 rings (SSSR count). The van der Waals surface area contributed by atoms with Crippen molar-refractivity contribution in [2.45, 2.75) is 6.36 Å². The van der Waals surface area contributed by atoms with Crippen LogP contribution in [0.1, 0.15) is 0 Å². The fraction of sp³-hybridized carbons (Fsp3) is 0.0769. The Kier molecular flexibility index (Phi) is 3.33. The number of alkyl halides is 3. The van der Waals surface area contributed by atoms with E-state index in [0.29, 0.717) is 0 Å². The highest BCUT2D eigenvalue weighted by Crippen LogP contribution is 2.34. The van der Waals surface area contributed by atoms with Gasteiger partial charge in [-0.25, -0.2) is 4.39 Å². The molecule has 0 aliphatic rings. The van der Waals surface area contributed by atoms with Crippen molar-refractivity contribution in [3.05, 3.63) is 48.3 Å². The van der Waals surface area contributed by atoms with Gasteiger partial charge in [0.05, 0.1) is 5.69 Å². The highest BCUT2D eigenvalue weighted by Gasteiger charge is 2.32. The average Bonchev–Trinajstić information content (AvgIpc) is 2.31. The molecule has 0 aliphatic carbocycles. The molecule has 0 spiro atoms. The fourth-order valence-corrected chi connectivity index (χ4v) is 1.61. The summed E-state index contributed by atoms with van der Waals surface area (Å²) in [5.74, 6) is -1.08. The van der Waals surface area contributed by atoms with E-state index in [2.05, 4.69) is 4.74 Å². The first-order valence-electron chi connectivity index (χ1n) is 5.27. The predicted octanol–water partition coefficient (Wildman–Crippen LogP) is 3.97. The summed E-state index contributed by atoms with van der Waals surface area (Å²) in [5, 5.41) is 0. The second-order valence-corrected chi connectivity index (χ2v) is 3.78. The van der Waals surface area contributed by atoms with E-state index >= 15 is 0 Å². The SMILES string of the molecule is Nc1ccc(-c2ccccc2OC(F)(F)F)cc1F. The van der Waals surface area contributed by atoms with Crippen LogP contribution in [0.5, 0.6) is 5.75 Å². The van der Waals surface area contributed by atoms with Gasteiger partial charge in [-0.05, 0) is 23.8 Å². The van der Waals surface area contributed by atoms with Gasteiger partial charge in [0.2, 0.25) is 0 Å². The van der Waals surface area contributed by atoms with Gasteiger partial charge in [-0.2, -0.15) is 0 Å². The second-order valence-electron chi connectivity index (χ2n) is 3.78. The summed E-state index contributed by atoms with van der Waals surface area (Å²) in [6.07, 6.45) is -4.80. The Labute approximate surface area is 106 Å². The van der Waals surface area contributed by atoms with Crippen LogP contribution in [0, 0.1) is 5.82 Å². The van der Waals surface area contributed by atoms with Crippen molar-refractivity contribution in [2.24, 2.45) is 0 Å². The molecule has 0 aliphatic heterocycles. The van der Waals surface area contributed by atoms with Crippen LogP contribution >= 0.6 is 0 Å². The van der Waals surface area contributed by atoms with Crippen molar-refractivity contribution >= 4 is 5.69 Å². The van der Waals surface area contributed by atoms with E-state index in [1.54, 1.807) is 0 Å². The topological polar surface area (TPSA) is 35.2 Å². The third-order valence-corrected chi connectivity index (χ3v) is 2.42. The molecule has 6 heteroatoms. The van der Waals surface area contributed by atoms with Gasteiger partial charge in [0.15, 0.2) is 0 Å². The van der Waals surface area contributed by atoms with Gasteiger partial charge in [-0.3, -0.25) is 0 Å². The van der Waals surface area contributed by atoms with E-state index in [4.69, 9.17) is 5.73 Å². The van der Waals surface area contributed by atoms with Crippen LogP contribution in [0.15, 0.2) is 42.5 Å². The van der Waals surface area contributed by atoms with Gasteiger partial charge in [-0.15, -0.1) is 13.2 Å². The second kappa shape index (κ2) is 4.79. The molecule has 0 radical (unpaired) electrons. The minimum atomic E-state index is -4.80. The molecule has 0 saturated carbocycles. The maximum absolute atomic E-state index is 13.3. The molecule has 0 heterocycles. The Hall–Kier alpha value is -2.24. The Bertz CT molecular complexity index is 595. The van der Waals surface area contributed by atoms with Crippen LogP contribution in [0.2, 0.25) is 0 Å². The lowest BCUT2D eigenvalue weighted by Crippen LogP contribution is -2.17. The van der Waals surface area contributed by atoms with E-state index in [-0.39, 0.29) is 22.6 Å². The molecule has 0 amide bonds. The standard InChI is InChI=1S/C13H9F4NO/c14-10-7-8(5-6-11(10)18)9-3-1-2-4-12(9)19-13(15,16)17/h1-7H,18H2. The Morgan fingerprint density at radius 2 is 1.68 bits per heavy atom. The molecule has 2 aromatic rings. The number of nitrogen functional groups attached to an aromatic ring is 1. The molecule has 0 atom stereocenters. The summed E-state index contributed by atoms with van der Waals surface area (Å²) in [6.45, 7) is 0. The lowest BCUT2D eigenvalue weighted by molar-refractivity contribution is -0.274. The van der Waals surface area contributed by atoms with Crippen LogP contribution in [-0.4, -0.2) is 6.36 Å². The van der Waals surface area contributed by atoms with Gasteiger partial charge in [0, 0.05) is 5.56 Å². The zero-order valence-electron chi connectivity index (χ0n) is 9.54. The summed E-state index contributed by atoms with van der Waals surface area (Å²) in [5.41, 5.74) is 5.64. The number of anilines is 1.